The highest BCUT2D eigenvalue weighted by Crippen LogP contribution is 2.31. The molecule has 5 rings (SSSR count). The number of fused-ring (bicyclic) bond motifs is 2. The van der Waals surface area contributed by atoms with Crippen LogP contribution in [-0.2, 0) is 6.54 Å². The van der Waals surface area contributed by atoms with Crippen molar-refractivity contribution in [2.75, 3.05) is 5.32 Å². The molecule has 0 atom stereocenters. The number of halogens is 1. The van der Waals surface area contributed by atoms with Crippen molar-refractivity contribution >= 4 is 52.2 Å². The van der Waals surface area contributed by atoms with Gasteiger partial charge < -0.3 is 10.3 Å². The number of imidazole rings is 1. The van der Waals surface area contributed by atoms with E-state index in [-0.39, 0.29) is 0 Å². The molecule has 0 fully saturated rings. The fourth-order valence-electron chi connectivity index (χ4n) is 3.15. The van der Waals surface area contributed by atoms with Crippen LogP contribution in [-0.4, -0.2) is 29.9 Å². The van der Waals surface area contributed by atoms with Gasteiger partial charge in [-0.25, -0.2) is 24.9 Å². The Balaban J connectivity index is 1.63. The summed E-state index contributed by atoms with van der Waals surface area (Å²) in [6.07, 6.45) is 3.07. The second-order valence-electron chi connectivity index (χ2n) is 6.32. The van der Waals surface area contributed by atoms with Crippen LogP contribution < -0.4 is 5.32 Å². The lowest BCUT2D eigenvalue weighted by atomic mass is 10.1. The summed E-state index contributed by atoms with van der Waals surface area (Å²) in [5, 5.41) is 3.91. The highest BCUT2D eigenvalue weighted by molar-refractivity contribution is 7.80. The Morgan fingerprint density at radius 3 is 2.76 bits per heavy atom. The monoisotopic (exact) mass is 419 g/mol. The van der Waals surface area contributed by atoms with Crippen LogP contribution in [0.25, 0.3) is 33.5 Å². The quantitative estimate of drug-likeness (QED) is 0.371. The van der Waals surface area contributed by atoms with E-state index in [2.05, 4.69) is 37.9 Å². The maximum Gasteiger partial charge on any atom is 0.162 e. The highest BCUT2D eigenvalue weighted by Gasteiger charge is 2.15. The van der Waals surface area contributed by atoms with Gasteiger partial charge in [-0.05, 0) is 18.2 Å². The van der Waals surface area contributed by atoms with Crippen molar-refractivity contribution in [1.29, 1.82) is 0 Å². The summed E-state index contributed by atoms with van der Waals surface area (Å²) in [6.45, 7) is 0.380. The van der Waals surface area contributed by atoms with Crippen molar-refractivity contribution in [2.24, 2.45) is 0 Å². The summed E-state index contributed by atoms with van der Waals surface area (Å²) in [5.41, 5.74) is 5.07. The number of aromatic nitrogens is 6. The Hall–Kier alpha value is -3.23. The van der Waals surface area contributed by atoms with Gasteiger partial charge in [-0.15, -0.1) is 12.6 Å². The fraction of sp³-hybridized carbons (Fsp3) is 0.0500. The number of hydrogen-bond donors (Lipinski definition) is 3. The summed E-state index contributed by atoms with van der Waals surface area (Å²) < 4.78 is 0. The van der Waals surface area contributed by atoms with Gasteiger partial charge in [0, 0.05) is 10.5 Å². The van der Waals surface area contributed by atoms with Crippen molar-refractivity contribution in [3.8, 4) is 11.3 Å². The largest absolute Gasteiger partial charge is 0.362 e. The second-order valence-corrected chi connectivity index (χ2v) is 7.21. The number of nitrogens with zero attached hydrogens (tertiary/aromatic N) is 5. The number of para-hydroxylation sites is 1. The van der Waals surface area contributed by atoms with E-state index >= 15 is 0 Å². The zero-order valence-corrected chi connectivity index (χ0v) is 16.6. The molecule has 0 aliphatic carbocycles. The number of H-pyrrole nitrogens is 1. The topological polar surface area (TPSA) is 92.3 Å². The molecule has 0 spiro atoms. The first kappa shape index (κ1) is 17.8. The van der Waals surface area contributed by atoms with Crippen LogP contribution in [0.15, 0.2) is 60.0 Å². The molecule has 142 valence electrons. The first-order valence-electron chi connectivity index (χ1n) is 8.82. The van der Waals surface area contributed by atoms with E-state index in [4.69, 9.17) is 21.6 Å². The number of benzene rings is 2. The smallest absolute Gasteiger partial charge is 0.162 e. The van der Waals surface area contributed by atoms with Gasteiger partial charge in [0.05, 0.1) is 34.8 Å². The van der Waals surface area contributed by atoms with Crippen molar-refractivity contribution < 1.29 is 0 Å². The minimum atomic E-state index is 0.380. The van der Waals surface area contributed by atoms with Gasteiger partial charge in [-0.2, -0.15) is 0 Å². The molecule has 0 aliphatic rings. The molecule has 2 N–H and O–H groups in total. The van der Waals surface area contributed by atoms with E-state index in [1.54, 1.807) is 6.33 Å². The van der Waals surface area contributed by atoms with Gasteiger partial charge in [0.25, 0.3) is 0 Å². The average Bonchev–Trinajstić information content (AvgIpc) is 3.22. The SMILES string of the molecule is Sc1cccc2nc(-c3ccccc3Cl)c(CNc3ncnc4[nH]cnc34)nc12. The number of thiol groups is 1. The second kappa shape index (κ2) is 7.31. The van der Waals surface area contributed by atoms with Gasteiger partial charge >= 0.3 is 0 Å². The summed E-state index contributed by atoms with van der Waals surface area (Å²) in [6, 6.07) is 13.3. The Morgan fingerprint density at radius 2 is 1.86 bits per heavy atom. The van der Waals surface area contributed by atoms with Gasteiger partial charge in [-0.1, -0.05) is 35.9 Å². The van der Waals surface area contributed by atoms with Crippen LogP contribution in [0, 0.1) is 0 Å². The third kappa shape index (κ3) is 3.26. The molecular weight excluding hydrogens is 406 g/mol. The van der Waals surface area contributed by atoms with Gasteiger partial charge in [0.1, 0.15) is 17.4 Å². The Bertz CT molecular complexity index is 1350. The standard InChI is InChI=1S/C20H14ClN7S/c21-12-5-2-1-4-11(12)16-14(28-17-13(27-16)6-3-7-15(17)29)8-22-19-18-20(24-9-23-18)26-10-25-19/h1-7,9-10,29H,8H2,(H2,22,23,24,25,26). The fourth-order valence-corrected chi connectivity index (χ4v) is 3.63. The van der Waals surface area contributed by atoms with E-state index in [1.165, 1.54) is 6.33 Å². The van der Waals surface area contributed by atoms with Crippen LogP contribution in [0.2, 0.25) is 5.02 Å². The van der Waals surface area contributed by atoms with Crippen LogP contribution >= 0.6 is 24.2 Å². The zero-order chi connectivity index (χ0) is 19.8. The Kier molecular flexibility index (Phi) is 4.49. The number of nitrogens with one attached hydrogen (secondary N) is 2. The molecule has 7 nitrogen and oxygen atoms in total. The van der Waals surface area contributed by atoms with E-state index in [9.17, 15) is 0 Å². The molecule has 29 heavy (non-hydrogen) atoms. The van der Waals surface area contributed by atoms with Crippen molar-refractivity contribution in [2.45, 2.75) is 11.4 Å². The van der Waals surface area contributed by atoms with E-state index in [0.29, 0.717) is 34.2 Å². The normalized spacial score (nSPS) is 11.2. The maximum atomic E-state index is 6.46. The molecule has 9 heteroatoms. The van der Waals surface area contributed by atoms with Crippen LogP contribution in [0.1, 0.15) is 5.69 Å². The van der Waals surface area contributed by atoms with Crippen molar-refractivity contribution in [1.82, 2.24) is 29.9 Å². The zero-order valence-electron chi connectivity index (χ0n) is 15.0. The predicted octanol–water partition coefficient (Wildman–Crippen LogP) is 4.52. The Labute approximate surface area is 176 Å². The number of aromatic amines is 1. The van der Waals surface area contributed by atoms with Gasteiger partial charge in [0.2, 0.25) is 0 Å². The molecule has 2 aromatic carbocycles. The van der Waals surface area contributed by atoms with Crippen LogP contribution in [0.3, 0.4) is 0 Å². The van der Waals surface area contributed by atoms with E-state index < -0.39 is 0 Å². The third-order valence-electron chi connectivity index (χ3n) is 4.52. The van der Waals surface area contributed by atoms with Crippen molar-refractivity contribution in [3.05, 3.63) is 65.8 Å². The first-order valence-corrected chi connectivity index (χ1v) is 9.64. The van der Waals surface area contributed by atoms with Crippen molar-refractivity contribution in [3.63, 3.8) is 0 Å². The molecule has 3 heterocycles. The molecule has 3 aromatic heterocycles. The molecular formula is C20H14ClN7S. The highest BCUT2D eigenvalue weighted by atomic mass is 35.5. The molecule has 0 bridgehead atoms. The minimum Gasteiger partial charge on any atom is -0.362 e. The average molecular weight is 420 g/mol. The lowest BCUT2D eigenvalue weighted by Gasteiger charge is -2.13. The number of hydrogen-bond acceptors (Lipinski definition) is 7. The predicted molar refractivity (Wildman–Crippen MR) is 116 cm³/mol. The first-order chi connectivity index (χ1) is 14.2. The van der Waals surface area contributed by atoms with Gasteiger partial charge in [-0.3, -0.25) is 0 Å². The molecule has 0 amide bonds. The Morgan fingerprint density at radius 1 is 0.966 bits per heavy atom. The lowest BCUT2D eigenvalue weighted by Crippen LogP contribution is -2.08. The molecule has 0 unspecified atom stereocenters. The number of anilines is 1. The molecule has 0 radical (unpaired) electrons. The summed E-state index contributed by atoms with van der Waals surface area (Å²) in [5.74, 6) is 0.613. The maximum absolute atomic E-state index is 6.46. The lowest BCUT2D eigenvalue weighted by molar-refractivity contribution is 1.02. The summed E-state index contributed by atoms with van der Waals surface area (Å²) in [7, 11) is 0. The third-order valence-corrected chi connectivity index (χ3v) is 5.21. The van der Waals surface area contributed by atoms with E-state index in [1.807, 2.05) is 42.5 Å². The molecule has 0 aliphatic heterocycles. The summed E-state index contributed by atoms with van der Waals surface area (Å²) >= 11 is 11.0. The van der Waals surface area contributed by atoms with E-state index in [0.717, 1.165) is 27.2 Å². The summed E-state index contributed by atoms with van der Waals surface area (Å²) in [4.78, 5) is 26.2. The van der Waals surface area contributed by atoms with Crippen LogP contribution in [0.4, 0.5) is 5.82 Å². The molecule has 0 saturated heterocycles. The minimum absolute atomic E-state index is 0.380. The van der Waals surface area contributed by atoms with Crippen LogP contribution in [0.5, 0.6) is 0 Å². The molecule has 0 saturated carbocycles. The van der Waals surface area contributed by atoms with Gasteiger partial charge in [0.15, 0.2) is 11.5 Å². The molecule has 5 aromatic rings. The number of rotatable bonds is 4.